The Morgan fingerprint density at radius 1 is 0.390 bits per heavy atom. The monoisotopic (exact) mass is 1310 g/mol. The van der Waals surface area contributed by atoms with Gasteiger partial charge in [-0.2, -0.15) is 0 Å². The number of carbonyl (C=O) groups excluding carboxylic acids is 2. The summed E-state index contributed by atoms with van der Waals surface area (Å²) in [5.41, 5.74) is 9.98. The molecule has 6 aromatic rings. The maximum absolute atomic E-state index is 15.7. The van der Waals surface area contributed by atoms with Gasteiger partial charge in [-0.1, -0.05) is 220 Å². The van der Waals surface area contributed by atoms with Crippen LogP contribution >= 0.6 is 77.2 Å². The molecule has 0 spiro atoms. The standard InChI is InChI=1S/C72H96Br2N2O2S4/c1-7-13-17-19-21-23-25-27-29-31-35-55-47-63(81-69(55)61-41-43-65(73)79-61)53-37-39-57-59(45-53)75(49-51(11-5)33-15-9-3)71(77)67(57)68-58-40-38-54(46-60(58)76(72(68)78)50-52(12-6)34-16-10-4)64-48-56(70(82-64)62-42-44-66(74)80-62)36-32-30-28-26-24-22-20-18-14-8-2/h37-48,51-52H,7-36,49-50H2,1-6H3. The van der Waals surface area contributed by atoms with Crippen molar-refractivity contribution in [2.75, 3.05) is 22.9 Å². The Bertz CT molecular complexity index is 2790. The van der Waals surface area contributed by atoms with Crippen LogP contribution in [0.5, 0.6) is 0 Å². The largest absolute Gasteiger partial charge is 0.307 e. The molecule has 0 saturated heterocycles. The Hall–Kier alpha value is -3.12. The summed E-state index contributed by atoms with van der Waals surface area (Å²) in [5.74, 6) is 0.662. The van der Waals surface area contributed by atoms with Crippen molar-refractivity contribution in [3.63, 3.8) is 0 Å². The number of nitrogens with zero attached hydrogens (tertiary/aromatic N) is 2. The number of amides is 2. The minimum absolute atomic E-state index is 0.0288. The first-order valence-corrected chi connectivity index (χ1v) is 37.4. The van der Waals surface area contributed by atoms with E-state index in [1.54, 1.807) is 0 Å². The van der Waals surface area contributed by atoms with Crippen LogP contribution in [0.1, 0.15) is 244 Å². The van der Waals surface area contributed by atoms with Crippen molar-refractivity contribution in [3.8, 4) is 40.4 Å². The molecule has 0 saturated carbocycles. The van der Waals surface area contributed by atoms with Gasteiger partial charge in [0.25, 0.3) is 11.8 Å². The van der Waals surface area contributed by atoms with Gasteiger partial charge >= 0.3 is 0 Å². The molecule has 2 unspecified atom stereocenters. The van der Waals surface area contributed by atoms with Gasteiger partial charge in [-0.05, 0) is 153 Å². The van der Waals surface area contributed by atoms with Crippen molar-refractivity contribution in [1.29, 1.82) is 0 Å². The Kier molecular flexibility index (Phi) is 26.7. The van der Waals surface area contributed by atoms with Crippen LogP contribution in [0, 0.1) is 11.8 Å². The van der Waals surface area contributed by atoms with Crippen LogP contribution in [0.2, 0.25) is 0 Å². The Morgan fingerprint density at radius 2 is 0.744 bits per heavy atom. The predicted octanol–water partition coefficient (Wildman–Crippen LogP) is 25.1. The zero-order chi connectivity index (χ0) is 57.8. The van der Waals surface area contributed by atoms with Gasteiger partial charge in [-0.15, -0.1) is 45.3 Å². The summed E-state index contributed by atoms with van der Waals surface area (Å²) in [6.45, 7) is 15.0. The molecule has 0 N–H and O–H groups in total. The third kappa shape index (κ3) is 17.1. The number of unbranched alkanes of at least 4 members (excludes halogenated alkanes) is 20. The lowest BCUT2D eigenvalue weighted by atomic mass is 9.94. The molecule has 8 rings (SSSR count). The molecule has 0 radical (unpaired) electrons. The number of carbonyl (C=O) groups is 2. The summed E-state index contributed by atoms with van der Waals surface area (Å²) in [6, 6.07) is 27.2. The van der Waals surface area contributed by atoms with Crippen LogP contribution in [-0.4, -0.2) is 24.9 Å². The van der Waals surface area contributed by atoms with Gasteiger partial charge in [0.1, 0.15) is 0 Å². The average Bonchev–Trinajstić information content (AvgIpc) is 4.53. The fourth-order valence-corrected chi connectivity index (χ4v) is 18.0. The highest BCUT2D eigenvalue weighted by Gasteiger charge is 2.43. The molecule has 82 heavy (non-hydrogen) atoms. The van der Waals surface area contributed by atoms with Crippen LogP contribution in [-0.2, 0) is 22.4 Å². The van der Waals surface area contributed by atoms with E-state index >= 15 is 9.59 Å². The van der Waals surface area contributed by atoms with Crippen LogP contribution in [0.25, 0.3) is 51.5 Å². The second-order valence-electron chi connectivity index (χ2n) is 23.9. The molecule has 10 heteroatoms. The Morgan fingerprint density at radius 3 is 1.07 bits per heavy atom. The molecule has 444 valence electrons. The number of aryl methyl sites for hydroxylation is 2. The molecular formula is C72H96Br2N2O2S4. The van der Waals surface area contributed by atoms with Crippen molar-refractivity contribution in [3.05, 3.63) is 103 Å². The summed E-state index contributed by atoms with van der Waals surface area (Å²) in [5, 5.41) is 0. The lowest BCUT2D eigenvalue weighted by Crippen LogP contribution is -2.34. The van der Waals surface area contributed by atoms with Crippen LogP contribution < -0.4 is 9.80 Å². The summed E-state index contributed by atoms with van der Waals surface area (Å²) in [4.78, 5) is 43.4. The highest BCUT2D eigenvalue weighted by Crippen LogP contribution is 2.52. The summed E-state index contributed by atoms with van der Waals surface area (Å²) in [7, 11) is 0. The summed E-state index contributed by atoms with van der Waals surface area (Å²) in [6.07, 6.45) is 37.4. The summed E-state index contributed by atoms with van der Waals surface area (Å²) < 4.78 is 2.30. The number of benzene rings is 2. The van der Waals surface area contributed by atoms with Crippen molar-refractivity contribution < 1.29 is 9.59 Å². The third-order valence-corrected chi connectivity index (χ3v) is 23.7. The van der Waals surface area contributed by atoms with E-state index in [9.17, 15) is 0 Å². The van der Waals surface area contributed by atoms with Crippen molar-refractivity contribution in [2.24, 2.45) is 11.8 Å². The zero-order valence-corrected chi connectivity index (χ0v) is 57.2. The van der Waals surface area contributed by atoms with Gasteiger partial charge in [0.2, 0.25) is 0 Å². The number of hydrogen-bond acceptors (Lipinski definition) is 6. The fourth-order valence-electron chi connectivity index (χ4n) is 12.6. The average molecular weight is 1310 g/mol. The van der Waals surface area contributed by atoms with Crippen molar-refractivity contribution >= 4 is 112 Å². The Labute approximate surface area is 528 Å². The van der Waals surface area contributed by atoms with E-state index in [-0.39, 0.29) is 11.8 Å². The predicted molar refractivity (Wildman–Crippen MR) is 371 cm³/mol. The molecule has 0 aliphatic carbocycles. The van der Waals surface area contributed by atoms with Gasteiger partial charge < -0.3 is 9.80 Å². The van der Waals surface area contributed by atoms with E-state index in [2.05, 4.69) is 156 Å². The SMILES string of the molecule is CCCCCCCCCCCCc1cc(-c2ccc3c(c2)N(CC(CC)CCCC)C(=O)C3=C2C(=O)N(CC(CC)CCCC)c3cc(-c4cc(CCCCCCCCCCCC)c(-c5ccc(Br)s5)s4)ccc32)sc1-c1ccc(Br)s1. The van der Waals surface area contributed by atoms with Gasteiger partial charge in [-0.25, -0.2) is 0 Å². The number of anilines is 2. The molecule has 4 aromatic heterocycles. The van der Waals surface area contributed by atoms with Crippen molar-refractivity contribution in [2.45, 2.75) is 234 Å². The lowest BCUT2D eigenvalue weighted by Gasteiger charge is -2.24. The van der Waals surface area contributed by atoms with E-state index in [4.69, 9.17) is 0 Å². The zero-order valence-electron chi connectivity index (χ0n) is 50.8. The number of thiophene rings is 4. The van der Waals surface area contributed by atoms with E-state index < -0.39 is 0 Å². The normalized spacial score (nSPS) is 14.9. The first-order chi connectivity index (χ1) is 40.1. The molecule has 2 aliphatic heterocycles. The third-order valence-electron chi connectivity index (χ3n) is 17.6. The quantitative estimate of drug-likeness (QED) is 0.0286. The number of hydrogen-bond donors (Lipinski definition) is 0. The minimum Gasteiger partial charge on any atom is -0.307 e. The second kappa shape index (κ2) is 33.7. The van der Waals surface area contributed by atoms with Gasteiger partial charge in [0, 0.05) is 53.5 Å². The molecule has 2 amide bonds. The molecule has 0 fully saturated rings. The highest BCUT2D eigenvalue weighted by molar-refractivity contribution is 9.11. The molecule has 2 atom stereocenters. The molecule has 4 nitrogen and oxygen atoms in total. The first-order valence-electron chi connectivity index (χ1n) is 32.5. The van der Waals surface area contributed by atoms with E-state index in [1.165, 1.54) is 169 Å². The number of halogens is 2. The first kappa shape index (κ1) is 64.9. The topological polar surface area (TPSA) is 40.6 Å². The summed E-state index contributed by atoms with van der Waals surface area (Å²) >= 11 is 15.0. The fraction of sp³-hybridized carbons (Fsp3) is 0.556. The maximum Gasteiger partial charge on any atom is 0.259 e. The van der Waals surface area contributed by atoms with Crippen LogP contribution in [0.4, 0.5) is 11.4 Å². The van der Waals surface area contributed by atoms with Crippen molar-refractivity contribution in [1.82, 2.24) is 0 Å². The van der Waals surface area contributed by atoms with Crippen LogP contribution in [0.3, 0.4) is 0 Å². The van der Waals surface area contributed by atoms with E-state index in [0.717, 1.165) is 105 Å². The van der Waals surface area contributed by atoms with Gasteiger partial charge in [-0.3, -0.25) is 9.59 Å². The second-order valence-corrected chi connectivity index (χ2v) is 30.9. The smallest absolute Gasteiger partial charge is 0.259 e. The van der Waals surface area contributed by atoms with Gasteiger partial charge in [0.15, 0.2) is 0 Å². The number of fused-ring (bicyclic) bond motifs is 2. The van der Waals surface area contributed by atoms with E-state index in [0.29, 0.717) is 36.1 Å². The molecule has 0 bridgehead atoms. The maximum atomic E-state index is 15.7. The molecule has 2 aromatic carbocycles. The molecule has 6 heterocycles. The molecular weight excluding hydrogens is 1210 g/mol. The van der Waals surface area contributed by atoms with Gasteiger partial charge in [0.05, 0.1) is 30.1 Å². The highest BCUT2D eigenvalue weighted by atomic mass is 79.9. The lowest BCUT2D eigenvalue weighted by molar-refractivity contribution is -0.114. The minimum atomic E-state index is -0.0288. The van der Waals surface area contributed by atoms with E-state index in [1.807, 2.05) is 45.3 Å². The molecule has 2 aliphatic rings. The number of rotatable bonds is 38. The Balaban J connectivity index is 1.14. The van der Waals surface area contributed by atoms with Crippen LogP contribution in [0.15, 0.2) is 80.4 Å².